The first-order valence-corrected chi connectivity index (χ1v) is 8.89. The Balaban J connectivity index is 2.31. The molecule has 0 aliphatic carbocycles. The second-order valence-corrected chi connectivity index (χ2v) is 7.42. The normalized spacial score (nSPS) is 12.1. The molecule has 0 spiro atoms. The summed E-state index contributed by atoms with van der Waals surface area (Å²) < 4.78 is 24.6. The van der Waals surface area contributed by atoms with Gasteiger partial charge in [-0.1, -0.05) is 6.92 Å². The standard InChI is InChI=1S/C14H21N3O2S/c1-3-5-14-16-12-10-11(15)6-7-13(12)17(14)8-4-9-20(2,18)19/h6-7,10H,3-5,8-9,15H2,1-2H3. The van der Waals surface area contributed by atoms with Gasteiger partial charge in [0.15, 0.2) is 0 Å². The van der Waals surface area contributed by atoms with Crippen molar-refractivity contribution < 1.29 is 8.42 Å². The van der Waals surface area contributed by atoms with Crippen LogP contribution < -0.4 is 5.73 Å². The van der Waals surface area contributed by atoms with Crippen molar-refractivity contribution in [1.29, 1.82) is 0 Å². The second-order valence-electron chi connectivity index (χ2n) is 5.16. The number of aromatic nitrogens is 2. The number of nitrogen functional groups attached to an aromatic ring is 1. The number of sulfone groups is 1. The van der Waals surface area contributed by atoms with Crippen molar-refractivity contribution in [3.05, 3.63) is 24.0 Å². The molecule has 2 rings (SSSR count). The lowest BCUT2D eigenvalue weighted by Gasteiger charge is -2.08. The molecule has 0 amide bonds. The van der Waals surface area contributed by atoms with Crippen LogP contribution in [0.3, 0.4) is 0 Å². The number of nitrogens with two attached hydrogens (primary N) is 1. The summed E-state index contributed by atoms with van der Waals surface area (Å²) in [6.45, 7) is 2.78. The van der Waals surface area contributed by atoms with Crippen molar-refractivity contribution in [3.63, 3.8) is 0 Å². The summed E-state index contributed by atoms with van der Waals surface area (Å²) in [5.74, 6) is 1.20. The smallest absolute Gasteiger partial charge is 0.147 e. The van der Waals surface area contributed by atoms with Gasteiger partial charge in [0.25, 0.3) is 0 Å². The number of anilines is 1. The molecule has 1 aromatic carbocycles. The number of nitrogens with zero attached hydrogens (tertiary/aromatic N) is 2. The molecule has 0 aliphatic heterocycles. The molecule has 0 aliphatic rings. The number of imidazole rings is 1. The SMILES string of the molecule is CCCc1nc2cc(N)ccc2n1CCCS(C)(=O)=O. The average molecular weight is 295 g/mol. The monoisotopic (exact) mass is 295 g/mol. The summed E-state index contributed by atoms with van der Waals surface area (Å²) >= 11 is 0. The minimum Gasteiger partial charge on any atom is -0.399 e. The van der Waals surface area contributed by atoms with Gasteiger partial charge < -0.3 is 10.3 Å². The first-order chi connectivity index (χ1) is 9.40. The van der Waals surface area contributed by atoms with Crippen molar-refractivity contribution in [1.82, 2.24) is 9.55 Å². The lowest BCUT2D eigenvalue weighted by Crippen LogP contribution is -2.09. The molecular formula is C14H21N3O2S. The fourth-order valence-electron chi connectivity index (χ4n) is 2.35. The highest BCUT2D eigenvalue weighted by atomic mass is 32.2. The number of benzene rings is 1. The van der Waals surface area contributed by atoms with E-state index in [9.17, 15) is 8.42 Å². The van der Waals surface area contributed by atoms with Gasteiger partial charge in [-0.05, 0) is 31.0 Å². The number of aryl methyl sites for hydroxylation is 2. The maximum Gasteiger partial charge on any atom is 0.147 e. The zero-order valence-corrected chi connectivity index (χ0v) is 12.8. The van der Waals surface area contributed by atoms with Crippen molar-refractivity contribution in [3.8, 4) is 0 Å². The molecule has 0 fully saturated rings. The molecule has 0 radical (unpaired) electrons. The quantitative estimate of drug-likeness (QED) is 0.827. The Kier molecular flexibility index (Phi) is 4.32. The summed E-state index contributed by atoms with van der Waals surface area (Å²) in [6.07, 6.45) is 3.76. The summed E-state index contributed by atoms with van der Waals surface area (Å²) in [7, 11) is -2.92. The number of rotatable bonds is 6. The van der Waals surface area contributed by atoms with E-state index in [0.717, 1.165) is 29.7 Å². The molecule has 20 heavy (non-hydrogen) atoms. The first kappa shape index (κ1) is 14.8. The Hall–Kier alpha value is -1.56. The van der Waals surface area contributed by atoms with Gasteiger partial charge in [0.2, 0.25) is 0 Å². The highest BCUT2D eigenvalue weighted by Gasteiger charge is 2.11. The van der Waals surface area contributed by atoms with E-state index in [-0.39, 0.29) is 5.75 Å². The zero-order valence-electron chi connectivity index (χ0n) is 12.0. The maximum atomic E-state index is 11.2. The molecular weight excluding hydrogens is 274 g/mol. The van der Waals surface area contributed by atoms with Crippen LogP contribution in [0.25, 0.3) is 11.0 Å². The number of hydrogen-bond acceptors (Lipinski definition) is 4. The molecule has 0 saturated carbocycles. The molecule has 0 saturated heterocycles. The van der Waals surface area contributed by atoms with Gasteiger partial charge in [0.05, 0.1) is 16.8 Å². The molecule has 2 aromatic rings. The minimum absolute atomic E-state index is 0.202. The first-order valence-electron chi connectivity index (χ1n) is 6.83. The minimum atomic E-state index is -2.92. The fourth-order valence-corrected chi connectivity index (χ4v) is 3.00. The van der Waals surface area contributed by atoms with Crippen LogP contribution in [-0.4, -0.2) is 30.0 Å². The molecule has 0 atom stereocenters. The van der Waals surface area contributed by atoms with Gasteiger partial charge in [-0.15, -0.1) is 0 Å². The van der Waals surface area contributed by atoms with Gasteiger partial charge in [-0.2, -0.15) is 0 Å². The zero-order chi connectivity index (χ0) is 14.8. The predicted octanol–water partition coefficient (Wildman–Crippen LogP) is 2.01. The predicted molar refractivity (Wildman–Crippen MR) is 82.5 cm³/mol. The average Bonchev–Trinajstić information content (AvgIpc) is 2.65. The van der Waals surface area contributed by atoms with E-state index < -0.39 is 9.84 Å². The molecule has 1 aromatic heterocycles. The van der Waals surface area contributed by atoms with Gasteiger partial charge in [-0.3, -0.25) is 0 Å². The summed E-state index contributed by atoms with van der Waals surface area (Å²) in [6, 6.07) is 5.67. The van der Waals surface area contributed by atoms with Crippen LogP contribution in [0.15, 0.2) is 18.2 Å². The van der Waals surface area contributed by atoms with Gasteiger partial charge in [0, 0.05) is 24.9 Å². The Morgan fingerprint density at radius 2 is 2.10 bits per heavy atom. The Morgan fingerprint density at radius 1 is 1.35 bits per heavy atom. The molecule has 110 valence electrons. The molecule has 6 heteroatoms. The highest BCUT2D eigenvalue weighted by molar-refractivity contribution is 7.90. The second kappa shape index (κ2) is 5.83. The van der Waals surface area contributed by atoms with Crippen LogP contribution in [0.2, 0.25) is 0 Å². The Bertz CT molecular complexity index is 705. The van der Waals surface area contributed by atoms with Crippen LogP contribution in [0.1, 0.15) is 25.6 Å². The van der Waals surface area contributed by atoms with E-state index >= 15 is 0 Å². The topological polar surface area (TPSA) is 78.0 Å². The van der Waals surface area contributed by atoms with Gasteiger partial charge >= 0.3 is 0 Å². The summed E-state index contributed by atoms with van der Waals surface area (Å²) in [5.41, 5.74) is 8.39. The third-order valence-corrected chi connectivity index (χ3v) is 4.25. The molecule has 2 N–H and O–H groups in total. The molecule has 0 bridgehead atoms. The van der Waals surface area contributed by atoms with Crippen LogP contribution in [-0.2, 0) is 22.8 Å². The van der Waals surface area contributed by atoms with E-state index in [4.69, 9.17) is 5.73 Å². The van der Waals surface area contributed by atoms with E-state index in [2.05, 4.69) is 16.5 Å². The van der Waals surface area contributed by atoms with Gasteiger partial charge in [0.1, 0.15) is 15.7 Å². The third-order valence-electron chi connectivity index (χ3n) is 3.22. The van der Waals surface area contributed by atoms with Crippen LogP contribution in [0.5, 0.6) is 0 Å². The Labute approximate surface area is 119 Å². The number of hydrogen-bond donors (Lipinski definition) is 1. The van der Waals surface area contributed by atoms with Crippen LogP contribution >= 0.6 is 0 Å². The molecule has 0 unspecified atom stereocenters. The summed E-state index contributed by atoms with van der Waals surface area (Å²) in [4.78, 5) is 4.61. The third kappa shape index (κ3) is 3.50. The summed E-state index contributed by atoms with van der Waals surface area (Å²) in [5, 5.41) is 0. The lowest BCUT2D eigenvalue weighted by atomic mass is 10.3. The Morgan fingerprint density at radius 3 is 2.75 bits per heavy atom. The van der Waals surface area contributed by atoms with E-state index in [1.54, 1.807) is 0 Å². The van der Waals surface area contributed by atoms with Crippen LogP contribution in [0, 0.1) is 0 Å². The number of fused-ring (bicyclic) bond motifs is 1. The largest absolute Gasteiger partial charge is 0.399 e. The lowest BCUT2D eigenvalue weighted by molar-refractivity contribution is 0.589. The highest BCUT2D eigenvalue weighted by Crippen LogP contribution is 2.20. The van der Waals surface area contributed by atoms with E-state index in [0.29, 0.717) is 18.7 Å². The van der Waals surface area contributed by atoms with Crippen molar-refractivity contribution in [2.75, 3.05) is 17.7 Å². The van der Waals surface area contributed by atoms with Crippen molar-refractivity contribution >= 4 is 26.6 Å². The van der Waals surface area contributed by atoms with Crippen LogP contribution in [0.4, 0.5) is 5.69 Å². The molecule has 1 heterocycles. The fraction of sp³-hybridized carbons (Fsp3) is 0.500. The maximum absolute atomic E-state index is 11.2. The van der Waals surface area contributed by atoms with E-state index in [1.807, 2.05) is 18.2 Å². The van der Waals surface area contributed by atoms with Crippen molar-refractivity contribution in [2.45, 2.75) is 32.7 Å². The molecule has 5 nitrogen and oxygen atoms in total. The van der Waals surface area contributed by atoms with E-state index in [1.165, 1.54) is 6.26 Å². The van der Waals surface area contributed by atoms with Crippen molar-refractivity contribution in [2.24, 2.45) is 0 Å². The van der Waals surface area contributed by atoms with Gasteiger partial charge in [-0.25, -0.2) is 13.4 Å².